The van der Waals surface area contributed by atoms with E-state index in [0.717, 1.165) is 32.4 Å². The highest BCUT2D eigenvalue weighted by Crippen LogP contribution is 2.27. The van der Waals surface area contributed by atoms with Crippen LogP contribution in [-0.2, 0) is 9.59 Å². The molecular formula is C19H36N6O2. The number of piperidine rings is 1. The molecule has 1 saturated carbocycles. The van der Waals surface area contributed by atoms with Gasteiger partial charge < -0.3 is 27.4 Å². The van der Waals surface area contributed by atoms with Crippen LogP contribution >= 0.6 is 0 Å². The molecular weight excluding hydrogens is 344 g/mol. The van der Waals surface area contributed by atoms with Crippen LogP contribution in [0.3, 0.4) is 0 Å². The summed E-state index contributed by atoms with van der Waals surface area (Å²) < 4.78 is 0. The topological polar surface area (TPSA) is 151 Å². The molecule has 1 aliphatic carbocycles. The van der Waals surface area contributed by atoms with Crippen molar-refractivity contribution in [1.29, 1.82) is 5.41 Å². The largest absolute Gasteiger partial charge is 0.370 e. The maximum absolute atomic E-state index is 12.4. The van der Waals surface area contributed by atoms with Crippen LogP contribution < -0.4 is 22.5 Å². The molecule has 8 heteroatoms. The van der Waals surface area contributed by atoms with Crippen LogP contribution in [0.5, 0.6) is 0 Å². The van der Waals surface area contributed by atoms with E-state index in [9.17, 15) is 9.59 Å². The van der Waals surface area contributed by atoms with Gasteiger partial charge in [-0.25, -0.2) is 0 Å². The van der Waals surface area contributed by atoms with E-state index in [0.29, 0.717) is 24.7 Å². The van der Waals surface area contributed by atoms with E-state index >= 15 is 0 Å². The van der Waals surface area contributed by atoms with Gasteiger partial charge in [-0.1, -0.05) is 32.1 Å². The second-order valence-electron chi connectivity index (χ2n) is 8.20. The number of rotatable bonds is 8. The number of primary amides is 1. The van der Waals surface area contributed by atoms with Crippen LogP contribution in [-0.4, -0.2) is 47.8 Å². The summed E-state index contributed by atoms with van der Waals surface area (Å²) in [5.41, 5.74) is 17.1. The Bertz CT molecular complexity index is 512. The Morgan fingerprint density at radius 2 is 1.67 bits per heavy atom. The summed E-state index contributed by atoms with van der Waals surface area (Å²) >= 11 is 0. The molecule has 0 unspecified atom stereocenters. The van der Waals surface area contributed by atoms with Crippen molar-refractivity contribution in [3.63, 3.8) is 0 Å². The van der Waals surface area contributed by atoms with Crippen molar-refractivity contribution in [2.45, 2.75) is 76.3 Å². The van der Waals surface area contributed by atoms with Gasteiger partial charge in [0.15, 0.2) is 5.96 Å². The molecule has 0 aromatic carbocycles. The first kappa shape index (κ1) is 21.5. The minimum Gasteiger partial charge on any atom is -0.370 e. The second-order valence-corrected chi connectivity index (χ2v) is 8.20. The molecule has 8 N–H and O–H groups in total. The molecule has 1 saturated heterocycles. The molecule has 2 aliphatic rings. The Labute approximate surface area is 162 Å². The van der Waals surface area contributed by atoms with Crippen LogP contribution in [0.25, 0.3) is 0 Å². The van der Waals surface area contributed by atoms with Crippen molar-refractivity contribution in [3.8, 4) is 0 Å². The predicted octanol–water partition coefficient (Wildman–Crippen LogP) is 0.640. The van der Waals surface area contributed by atoms with E-state index in [-0.39, 0.29) is 11.9 Å². The standard InChI is InChI=1S/C19H36N6O2/c20-15(12-14-8-10-25(11-9-14)19(22)23)18(27)24-16(17(21)26)7-6-13-4-2-1-3-5-13/h13-16H,1-12,20H2,(H2,21,26)(H3,22,23)(H,24,27)/t15-,16-/m0/s1. The normalized spacial score (nSPS) is 21.4. The van der Waals surface area contributed by atoms with E-state index in [1.807, 2.05) is 4.90 Å². The molecule has 2 fully saturated rings. The SMILES string of the molecule is N=C(N)N1CCC(C[C@H](N)C(=O)N[C@@H](CCC2CCCCC2)C(N)=O)CC1. The summed E-state index contributed by atoms with van der Waals surface area (Å²) in [6.07, 6.45) is 10.0. The molecule has 1 aliphatic heterocycles. The maximum atomic E-state index is 12.4. The number of guanidine groups is 1. The Hall–Kier alpha value is -1.83. The third-order valence-electron chi connectivity index (χ3n) is 6.13. The zero-order valence-electron chi connectivity index (χ0n) is 16.3. The van der Waals surface area contributed by atoms with Crippen LogP contribution in [0.2, 0.25) is 0 Å². The summed E-state index contributed by atoms with van der Waals surface area (Å²) in [7, 11) is 0. The van der Waals surface area contributed by atoms with Gasteiger partial charge in [-0.05, 0) is 43.9 Å². The minimum atomic E-state index is -0.643. The van der Waals surface area contributed by atoms with E-state index in [4.69, 9.17) is 22.6 Å². The molecule has 0 aromatic heterocycles. The number of nitrogens with zero attached hydrogens (tertiary/aromatic N) is 1. The maximum Gasteiger partial charge on any atom is 0.240 e. The van der Waals surface area contributed by atoms with Gasteiger partial charge in [0.1, 0.15) is 6.04 Å². The molecule has 154 valence electrons. The van der Waals surface area contributed by atoms with Crippen LogP contribution in [0.15, 0.2) is 0 Å². The Morgan fingerprint density at radius 3 is 2.22 bits per heavy atom. The Morgan fingerprint density at radius 1 is 1.04 bits per heavy atom. The van der Waals surface area contributed by atoms with Gasteiger partial charge in [0.05, 0.1) is 6.04 Å². The quantitative estimate of drug-likeness (QED) is 0.309. The molecule has 2 atom stereocenters. The summed E-state index contributed by atoms with van der Waals surface area (Å²) in [5, 5.41) is 10.2. The van der Waals surface area contributed by atoms with Crippen molar-refractivity contribution in [2.75, 3.05) is 13.1 Å². The summed E-state index contributed by atoms with van der Waals surface area (Å²) in [4.78, 5) is 26.0. The first-order valence-electron chi connectivity index (χ1n) is 10.3. The average Bonchev–Trinajstić information content (AvgIpc) is 2.65. The lowest BCUT2D eigenvalue weighted by Crippen LogP contribution is -2.51. The number of hydrogen-bond donors (Lipinski definition) is 5. The highest BCUT2D eigenvalue weighted by Gasteiger charge is 2.27. The summed E-state index contributed by atoms with van der Waals surface area (Å²) in [6, 6.07) is -1.28. The van der Waals surface area contributed by atoms with Gasteiger partial charge in [-0.3, -0.25) is 15.0 Å². The van der Waals surface area contributed by atoms with Crippen LogP contribution in [0, 0.1) is 17.2 Å². The van der Waals surface area contributed by atoms with E-state index in [2.05, 4.69) is 5.32 Å². The number of nitrogens with one attached hydrogen (secondary N) is 2. The number of likely N-dealkylation sites (tertiary alicyclic amines) is 1. The van der Waals surface area contributed by atoms with Gasteiger partial charge >= 0.3 is 0 Å². The number of amides is 2. The van der Waals surface area contributed by atoms with Gasteiger partial charge in [-0.15, -0.1) is 0 Å². The minimum absolute atomic E-state index is 0.0951. The molecule has 0 radical (unpaired) electrons. The zero-order chi connectivity index (χ0) is 19.8. The second kappa shape index (κ2) is 10.5. The van der Waals surface area contributed by atoms with E-state index in [1.54, 1.807) is 0 Å². The van der Waals surface area contributed by atoms with E-state index in [1.165, 1.54) is 32.1 Å². The molecule has 0 aromatic rings. The number of hydrogen-bond acceptors (Lipinski definition) is 4. The number of carbonyl (C=O) groups excluding carboxylic acids is 2. The highest BCUT2D eigenvalue weighted by molar-refractivity contribution is 5.88. The van der Waals surface area contributed by atoms with Gasteiger partial charge in [-0.2, -0.15) is 0 Å². The lowest BCUT2D eigenvalue weighted by molar-refractivity contribution is -0.128. The molecule has 2 amide bonds. The van der Waals surface area contributed by atoms with Crippen LogP contribution in [0.1, 0.15) is 64.2 Å². The first-order valence-corrected chi connectivity index (χ1v) is 10.3. The molecule has 2 rings (SSSR count). The summed E-state index contributed by atoms with van der Waals surface area (Å²) in [5.74, 6) is 0.281. The molecule has 0 bridgehead atoms. The predicted molar refractivity (Wildman–Crippen MR) is 106 cm³/mol. The average molecular weight is 381 g/mol. The zero-order valence-corrected chi connectivity index (χ0v) is 16.3. The molecule has 8 nitrogen and oxygen atoms in total. The van der Waals surface area contributed by atoms with Gasteiger partial charge in [0, 0.05) is 13.1 Å². The number of carbonyl (C=O) groups is 2. The number of nitrogens with two attached hydrogens (primary N) is 3. The Balaban J connectivity index is 1.74. The van der Waals surface area contributed by atoms with Gasteiger partial charge in [0.2, 0.25) is 11.8 Å². The van der Waals surface area contributed by atoms with Gasteiger partial charge in [0.25, 0.3) is 0 Å². The molecule has 0 spiro atoms. The highest BCUT2D eigenvalue weighted by atomic mass is 16.2. The third kappa shape index (κ3) is 7.01. The van der Waals surface area contributed by atoms with Crippen molar-refractivity contribution in [2.24, 2.45) is 29.0 Å². The van der Waals surface area contributed by atoms with Crippen molar-refractivity contribution < 1.29 is 9.59 Å². The lowest BCUT2D eigenvalue weighted by atomic mass is 9.85. The fraction of sp³-hybridized carbons (Fsp3) is 0.842. The third-order valence-corrected chi connectivity index (χ3v) is 6.13. The lowest BCUT2D eigenvalue weighted by Gasteiger charge is -2.33. The molecule has 27 heavy (non-hydrogen) atoms. The monoisotopic (exact) mass is 380 g/mol. The fourth-order valence-electron chi connectivity index (χ4n) is 4.32. The van der Waals surface area contributed by atoms with E-state index < -0.39 is 18.0 Å². The Kier molecular flexibility index (Phi) is 8.34. The smallest absolute Gasteiger partial charge is 0.240 e. The first-order chi connectivity index (χ1) is 12.9. The fourth-order valence-corrected chi connectivity index (χ4v) is 4.32. The molecule has 1 heterocycles. The van der Waals surface area contributed by atoms with Crippen LogP contribution in [0.4, 0.5) is 0 Å². The summed E-state index contributed by atoms with van der Waals surface area (Å²) in [6.45, 7) is 1.44. The van der Waals surface area contributed by atoms with Crippen molar-refractivity contribution in [1.82, 2.24) is 10.2 Å². The van der Waals surface area contributed by atoms with Crippen molar-refractivity contribution >= 4 is 17.8 Å². The van der Waals surface area contributed by atoms with Crippen molar-refractivity contribution in [3.05, 3.63) is 0 Å².